The third-order valence-corrected chi connectivity index (χ3v) is 3.34. The molecule has 1 aromatic heterocycles. The predicted octanol–water partition coefficient (Wildman–Crippen LogP) is 1.82. The highest BCUT2D eigenvalue weighted by atomic mass is 15.1. The van der Waals surface area contributed by atoms with Gasteiger partial charge in [0.25, 0.3) is 0 Å². The molecule has 0 bridgehead atoms. The highest BCUT2D eigenvalue weighted by Gasteiger charge is 2.32. The minimum atomic E-state index is 0.281. The van der Waals surface area contributed by atoms with Gasteiger partial charge in [-0.25, -0.2) is 4.98 Å². The van der Waals surface area contributed by atoms with Gasteiger partial charge in [-0.05, 0) is 24.7 Å². The summed E-state index contributed by atoms with van der Waals surface area (Å²) in [5.41, 5.74) is 6.20. The third kappa shape index (κ3) is 1.69. The van der Waals surface area contributed by atoms with E-state index in [4.69, 9.17) is 5.73 Å². The summed E-state index contributed by atoms with van der Waals surface area (Å²) < 4.78 is 2.17. The summed E-state index contributed by atoms with van der Waals surface area (Å²) in [5.74, 6) is 1.42. The number of hydrogen-bond acceptors (Lipinski definition) is 2. The summed E-state index contributed by atoms with van der Waals surface area (Å²) >= 11 is 0. The molecule has 1 aliphatic carbocycles. The zero-order valence-corrected chi connectivity index (χ0v) is 8.93. The monoisotopic (exact) mass is 193 g/mol. The van der Waals surface area contributed by atoms with Gasteiger partial charge in [-0.3, -0.25) is 0 Å². The second-order valence-electron chi connectivity index (χ2n) is 4.72. The average molecular weight is 193 g/mol. The zero-order chi connectivity index (χ0) is 10.1. The normalized spacial score (nSPS) is 38.5. The van der Waals surface area contributed by atoms with Gasteiger partial charge < -0.3 is 10.3 Å². The van der Waals surface area contributed by atoms with E-state index in [0.717, 1.165) is 12.3 Å². The lowest BCUT2D eigenvalue weighted by Gasteiger charge is -2.38. The fourth-order valence-electron chi connectivity index (χ4n) is 2.86. The summed E-state index contributed by atoms with van der Waals surface area (Å²) in [6.45, 7) is 4.58. The predicted molar refractivity (Wildman–Crippen MR) is 56.8 cm³/mol. The van der Waals surface area contributed by atoms with Crippen molar-refractivity contribution in [1.29, 1.82) is 0 Å². The van der Waals surface area contributed by atoms with E-state index in [1.54, 1.807) is 0 Å². The van der Waals surface area contributed by atoms with Gasteiger partial charge in [0, 0.05) is 18.4 Å². The molecule has 4 unspecified atom stereocenters. The van der Waals surface area contributed by atoms with E-state index in [0.29, 0.717) is 12.0 Å². The van der Waals surface area contributed by atoms with Crippen molar-refractivity contribution in [2.24, 2.45) is 17.6 Å². The van der Waals surface area contributed by atoms with Gasteiger partial charge in [0.05, 0.1) is 12.4 Å². The molecule has 14 heavy (non-hydrogen) atoms. The molecular formula is C11H19N3. The second kappa shape index (κ2) is 3.73. The summed E-state index contributed by atoms with van der Waals surface area (Å²) in [4.78, 5) is 4.09. The number of hydrogen-bond donors (Lipinski definition) is 1. The molecule has 1 fully saturated rings. The van der Waals surface area contributed by atoms with Gasteiger partial charge in [0.1, 0.15) is 0 Å². The van der Waals surface area contributed by atoms with Crippen molar-refractivity contribution in [1.82, 2.24) is 9.55 Å². The van der Waals surface area contributed by atoms with Crippen molar-refractivity contribution < 1.29 is 0 Å². The quantitative estimate of drug-likeness (QED) is 0.739. The molecule has 0 saturated heterocycles. The molecule has 1 aromatic rings. The number of nitrogens with zero attached hydrogens (tertiary/aromatic N) is 2. The lowest BCUT2D eigenvalue weighted by atomic mass is 9.77. The van der Waals surface area contributed by atoms with Crippen LogP contribution in [0.5, 0.6) is 0 Å². The zero-order valence-electron chi connectivity index (χ0n) is 8.93. The standard InChI is InChI=1S/C11H19N3/c1-8-5-9(2)11(10(12)6-8)14-4-3-13-7-14/h3-4,7-11H,5-6,12H2,1-2H3. The Labute approximate surface area is 85.3 Å². The summed E-state index contributed by atoms with van der Waals surface area (Å²) in [6.07, 6.45) is 8.15. The maximum absolute atomic E-state index is 6.20. The molecule has 4 atom stereocenters. The van der Waals surface area contributed by atoms with Crippen molar-refractivity contribution in [3.05, 3.63) is 18.7 Å². The Hall–Kier alpha value is -0.830. The van der Waals surface area contributed by atoms with Crippen LogP contribution in [-0.4, -0.2) is 15.6 Å². The Bertz CT molecular complexity index is 269. The molecule has 0 radical (unpaired) electrons. The molecule has 1 saturated carbocycles. The highest BCUT2D eigenvalue weighted by molar-refractivity contribution is 4.93. The molecule has 3 heteroatoms. The van der Waals surface area contributed by atoms with E-state index in [-0.39, 0.29) is 6.04 Å². The van der Waals surface area contributed by atoms with Crippen LogP contribution in [0, 0.1) is 11.8 Å². The fraction of sp³-hybridized carbons (Fsp3) is 0.727. The summed E-state index contributed by atoms with van der Waals surface area (Å²) in [6, 6.07) is 0.719. The van der Waals surface area contributed by atoms with Crippen molar-refractivity contribution >= 4 is 0 Å². The smallest absolute Gasteiger partial charge is 0.0949 e. The van der Waals surface area contributed by atoms with Crippen LogP contribution in [0.3, 0.4) is 0 Å². The van der Waals surface area contributed by atoms with Crippen molar-refractivity contribution in [3.63, 3.8) is 0 Å². The first-order chi connectivity index (χ1) is 6.68. The topological polar surface area (TPSA) is 43.8 Å². The van der Waals surface area contributed by atoms with E-state index in [9.17, 15) is 0 Å². The van der Waals surface area contributed by atoms with Gasteiger partial charge >= 0.3 is 0 Å². The maximum atomic E-state index is 6.20. The Balaban J connectivity index is 2.18. The van der Waals surface area contributed by atoms with Crippen LogP contribution in [0.4, 0.5) is 0 Å². The minimum Gasteiger partial charge on any atom is -0.333 e. The van der Waals surface area contributed by atoms with E-state index in [2.05, 4.69) is 23.4 Å². The molecule has 3 nitrogen and oxygen atoms in total. The average Bonchev–Trinajstić information content (AvgIpc) is 2.54. The SMILES string of the molecule is CC1CC(C)C(n2ccnc2)C(N)C1. The van der Waals surface area contributed by atoms with Crippen LogP contribution in [-0.2, 0) is 0 Å². The van der Waals surface area contributed by atoms with Gasteiger partial charge in [-0.1, -0.05) is 13.8 Å². The summed E-state index contributed by atoms with van der Waals surface area (Å²) in [5, 5.41) is 0. The Morgan fingerprint density at radius 1 is 1.36 bits per heavy atom. The fourth-order valence-corrected chi connectivity index (χ4v) is 2.86. The van der Waals surface area contributed by atoms with Crippen molar-refractivity contribution in [2.45, 2.75) is 38.8 Å². The molecule has 0 aromatic carbocycles. The number of rotatable bonds is 1. The lowest BCUT2D eigenvalue weighted by Crippen LogP contribution is -2.41. The van der Waals surface area contributed by atoms with Crippen molar-refractivity contribution in [3.8, 4) is 0 Å². The molecule has 78 valence electrons. The number of aromatic nitrogens is 2. The van der Waals surface area contributed by atoms with Gasteiger partial charge in [-0.15, -0.1) is 0 Å². The molecule has 0 aliphatic heterocycles. The Morgan fingerprint density at radius 3 is 2.71 bits per heavy atom. The molecule has 1 heterocycles. The van der Waals surface area contributed by atoms with Crippen LogP contribution in [0.15, 0.2) is 18.7 Å². The minimum absolute atomic E-state index is 0.281. The number of nitrogens with two attached hydrogens (primary N) is 1. The third-order valence-electron chi connectivity index (χ3n) is 3.34. The lowest BCUT2D eigenvalue weighted by molar-refractivity contribution is 0.178. The maximum Gasteiger partial charge on any atom is 0.0949 e. The first kappa shape index (κ1) is 9.71. The van der Waals surface area contributed by atoms with Crippen molar-refractivity contribution in [2.75, 3.05) is 0 Å². The van der Waals surface area contributed by atoms with E-state index in [1.807, 2.05) is 18.7 Å². The first-order valence-electron chi connectivity index (χ1n) is 5.41. The van der Waals surface area contributed by atoms with E-state index < -0.39 is 0 Å². The van der Waals surface area contributed by atoms with Gasteiger partial charge in [-0.2, -0.15) is 0 Å². The molecular weight excluding hydrogens is 174 g/mol. The molecule has 2 rings (SSSR count). The van der Waals surface area contributed by atoms with Gasteiger partial charge in [0.15, 0.2) is 0 Å². The molecule has 2 N–H and O–H groups in total. The number of imidazole rings is 1. The largest absolute Gasteiger partial charge is 0.333 e. The first-order valence-corrected chi connectivity index (χ1v) is 5.41. The molecule has 0 amide bonds. The summed E-state index contributed by atoms with van der Waals surface area (Å²) in [7, 11) is 0. The van der Waals surface area contributed by atoms with E-state index in [1.165, 1.54) is 6.42 Å². The van der Waals surface area contributed by atoms with Crippen LogP contribution in [0.1, 0.15) is 32.7 Å². The van der Waals surface area contributed by atoms with Crippen LogP contribution in [0.25, 0.3) is 0 Å². The van der Waals surface area contributed by atoms with Gasteiger partial charge in [0.2, 0.25) is 0 Å². The Morgan fingerprint density at radius 2 is 2.14 bits per heavy atom. The second-order valence-corrected chi connectivity index (χ2v) is 4.72. The van der Waals surface area contributed by atoms with Crippen LogP contribution >= 0.6 is 0 Å². The highest BCUT2D eigenvalue weighted by Crippen LogP contribution is 2.35. The molecule has 0 spiro atoms. The van der Waals surface area contributed by atoms with Crippen LogP contribution < -0.4 is 5.73 Å². The van der Waals surface area contributed by atoms with Crippen LogP contribution in [0.2, 0.25) is 0 Å². The van der Waals surface area contributed by atoms with E-state index >= 15 is 0 Å². The Kier molecular flexibility index (Phi) is 2.59. The molecule has 1 aliphatic rings.